The van der Waals surface area contributed by atoms with Crippen LogP contribution < -0.4 is 10.6 Å². The highest BCUT2D eigenvalue weighted by Crippen LogP contribution is 2.51. The Kier molecular flexibility index (Phi) is 18.5. The van der Waals surface area contributed by atoms with E-state index < -0.39 is 14.3 Å². The van der Waals surface area contributed by atoms with Crippen molar-refractivity contribution < 1.29 is 28.2 Å². The van der Waals surface area contributed by atoms with Crippen LogP contribution in [0.15, 0.2) is 169 Å². The van der Waals surface area contributed by atoms with Gasteiger partial charge in [0.2, 0.25) is 14.3 Å². The molecule has 0 saturated carbocycles. The molecule has 2 atom stereocenters. The highest BCUT2D eigenvalue weighted by atomic mass is 32.2. The molecule has 6 aromatic carbocycles. The maximum absolute atomic E-state index is 14.2. The monoisotopic (exact) mass is 920 g/mol. The molecule has 10 heteroatoms. The van der Waals surface area contributed by atoms with Gasteiger partial charge in [-0.3, -0.25) is 9.59 Å². The van der Waals surface area contributed by atoms with Gasteiger partial charge in [0.1, 0.15) is 0 Å². The molecule has 64 heavy (non-hydrogen) atoms. The highest BCUT2D eigenvalue weighted by molar-refractivity contribution is 8.09. The minimum atomic E-state index is -3.25. The molecule has 324 valence electrons. The number of esters is 2. The molecule has 0 heterocycles. The van der Waals surface area contributed by atoms with Crippen molar-refractivity contribution in [3.05, 3.63) is 214 Å². The molecule has 6 nitrogen and oxygen atoms in total. The summed E-state index contributed by atoms with van der Waals surface area (Å²) >= 11 is 2.61. The number of thioether (sulfide) groups is 2. The predicted molar refractivity (Wildman–Crippen MR) is 271 cm³/mol. The summed E-state index contributed by atoms with van der Waals surface area (Å²) in [7, 11) is -3.77. The lowest BCUT2D eigenvalue weighted by Gasteiger charge is -2.13. The Hall–Kier alpha value is -5.98. The lowest BCUT2D eigenvalue weighted by atomic mass is 10.1. The average Bonchev–Trinajstić information content (AvgIpc) is 3.32. The molecule has 0 radical (unpaired) electrons. The third-order valence-electron chi connectivity index (χ3n) is 9.53. The molecular weight excluding hydrogens is 871 g/mol. The third-order valence-corrected chi connectivity index (χ3v) is 16.2. The minimum absolute atomic E-state index is 0.121. The number of aryl methyl sites for hydroxylation is 4. The van der Waals surface area contributed by atoms with Crippen LogP contribution in [0, 0.1) is 50.9 Å². The highest BCUT2D eigenvalue weighted by Gasteiger charge is 2.23. The fourth-order valence-corrected chi connectivity index (χ4v) is 12.1. The molecular formula is C54H50O6P2S2. The lowest BCUT2D eigenvalue weighted by molar-refractivity contribution is -0.138. The van der Waals surface area contributed by atoms with Crippen molar-refractivity contribution in [1.82, 2.24) is 0 Å². The fraction of sp³-hybridized carbons (Fsp3) is 0.148. The Balaban J connectivity index is 0.000000241. The van der Waals surface area contributed by atoms with Crippen LogP contribution in [0.2, 0.25) is 0 Å². The Morgan fingerprint density at radius 2 is 0.766 bits per heavy atom. The number of ether oxygens (including phenoxy) is 2. The number of carbonyl (C=O) groups excluding carboxylic acids is 2. The van der Waals surface area contributed by atoms with Gasteiger partial charge in [-0.1, -0.05) is 168 Å². The summed E-state index contributed by atoms with van der Waals surface area (Å²) in [5.41, 5.74) is 14.0. The molecule has 0 amide bonds. The zero-order valence-corrected chi connectivity index (χ0v) is 40.2. The topological polar surface area (TPSA) is 86.7 Å². The summed E-state index contributed by atoms with van der Waals surface area (Å²) in [6.45, 7) is 8.05. The van der Waals surface area contributed by atoms with Crippen LogP contribution in [0.3, 0.4) is 0 Å². The summed E-state index contributed by atoms with van der Waals surface area (Å²) < 4.78 is 38.1. The zero-order chi connectivity index (χ0) is 46.0. The van der Waals surface area contributed by atoms with E-state index in [0.29, 0.717) is 10.6 Å². The van der Waals surface area contributed by atoms with Crippen LogP contribution in [0.5, 0.6) is 0 Å². The van der Waals surface area contributed by atoms with Crippen molar-refractivity contribution in [2.24, 2.45) is 0 Å². The van der Waals surface area contributed by atoms with Gasteiger partial charge in [-0.05, 0) is 74.4 Å². The molecule has 0 aliphatic carbocycles. The Morgan fingerprint density at radius 1 is 0.469 bits per heavy atom. The first-order valence-corrected chi connectivity index (χ1v) is 25.8. The van der Waals surface area contributed by atoms with E-state index in [-0.39, 0.29) is 23.4 Å². The lowest BCUT2D eigenvalue weighted by Crippen LogP contribution is -2.04. The fourth-order valence-electron chi connectivity index (χ4n) is 5.76. The Labute approximate surface area is 386 Å². The summed E-state index contributed by atoms with van der Waals surface area (Å²) in [4.78, 5) is 25.1. The number of hydrogen-bond donors (Lipinski definition) is 0. The first kappa shape index (κ1) is 49.0. The van der Waals surface area contributed by atoms with Gasteiger partial charge in [0.05, 0.1) is 25.7 Å². The second kappa shape index (κ2) is 24.2. The van der Waals surface area contributed by atoms with Gasteiger partial charge in [0, 0.05) is 43.2 Å². The molecule has 6 aromatic rings. The van der Waals surface area contributed by atoms with Crippen molar-refractivity contribution in [2.75, 3.05) is 25.7 Å². The number of rotatable bonds is 12. The first-order valence-electron chi connectivity index (χ1n) is 20.3. The van der Waals surface area contributed by atoms with Crippen molar-refractivity contribution in [1.29, 1.82) is 0 Å². The SMILES string of the molecule is COC(=O)CS/C(=C\[P@@](=O)(C#Cc1ccc(C)cc1)c1ccccc1)c1ccc(C)cc1.COC(=O)CS/C(=C\[P@@](=O)(C#Cc1ccc(C)cc1)c1ccccc1)c1ccc(C)cc1. The molecule has 0 N–H and O–H groups in total. The summed E-state index contributed by atoms with van der Waals surface area (Å²) in [5.74, 6) is 9.20. The standard InChI is InChI=1S/2C27H25O3PS/c2*1-21-9-13-23(14-10-21)17-18-31(29,25-7-5-4-6-8-25)19-26(32-20-27(28)30-3)24-15-11-22(2)12-16-24/h2*4-16,19H,20H2,1-3H3/b2*26-19-/t2*31-/m00/s1. The second-order valence-corrected chi connectivity index (χ2v) is 21.3. The average molecular weight is 921 g/mol. The van der Waals surface area contributed by atoms with E-state index in [9.17, 15) is 18.7 Å². The smallest absolute Gasteiger partial charge is 0.315 e. The zero-order valence-electron chi connectivity index (χ0n) is 36.7. The molecule has 0 aliphatic rings. The van der Waals surface area contributed by atoms with Crippen LogP contribution >= 0.6 is 37.8 Å². The van der Waals surface area contributed by atoms with Gasteiger partial charge in [-0.25, -0.2) is 0 Å². The summed E-state index contributed by atoms with van der Waals surface area (Å²) in [6, 6.07) is 50.0. The van der Waals surface area contributed by atoms with Crippen LogP contribution in [-0.2, 0) is 28.2 Å². The molecule has 6 rings (SSSR count). The van der Waals surface area contributed by atoms with Crippen molar-refractivity contribution in [3.63, 3.8) is 0 Å². The molecule has 0 aromatic heterocycles. The van der Waals surface area contributed by atoms with E-state index in [1.807, 2.05) is 185 Å². The van der Waals surface area contributed by atoms with Gasteiger partial charge in [-0.15, -0.1) is 23.5 Å². The van der Waals surface area contributed by atoms with Crippen molar-refractivity contribution in [3.8, 4) is 23.2 Å². The van der Waals surface area contributed by atoms with Gasteiger partial charge in [-0.2, -0.15) is 0 Å². The van der Waals surface area contributed by atoms with Crippen molar-refractivity contribution in [2.45, 2.75) is 27.7 Å². The number of benzene rings is 6. The molecule has 0 fully saturated rings. The third kappa shape index (κ3) is 15.1. The minimum Gasteiger partial charge on any atom is -0.468 e. The normalized spacial score (nSPS) is 12.9. The molecule has 0 unspecified atom stereocenters. The van der Waals surface area contributed by atoms with Gasteiger partial charge >= 0.3 is 11.9 Å². The quantitative estimate of drug-likeness (QED) is 0.0682. The van der Waals surface area contributed by atoms with Crippen LogP contribution in [0.4, 0.5) is 0 Å². The van der Waals surface area contributed by atoms with E-state index >= 15 is 0 Å². The van der Waals surface area contributed by atoms with E-state index in [0.717, 1.165) is 54.3 Å². The van der Waals surface area contributed by atoms with Gasteiger partial charge < -0.3 is 18.6 Å². The molecule has 0 spiro atoms. The van der Waals surface area contributed by atoms with E-state index in [4.69, 9.17) is 9.47 Å². The molecule has 0 aliphatic heterocycles. The largest absolute Gasteiger partial charge is 0.468 e. The van der Waals surface area contributed by atoms with Crippen LogP contribution in [-0.4, -0.2) is 37.7 Å². The maximum atomic E-state index is 14.2. The summed E-state index contributed by atoms with van der Waals surface area (Å²) in [6.07, 6.45) is 0. The van der Waals surface area contributed by atoms with E-state index in [2.05, 4.69) is 23.2 Å². The van der Waals surface area contributed by atoms with Crippen molar-refractivity contribution >= 4 is 70.2 Å². The summed E-state index contributed by atoms with van der Waals surface area (Å²) in [5, 5.41) is 1.31. The number of carbonyl (C=O) groups is 2. The predicted octanol–water partition coefficient (Wildman–Crippen LogP) is 12.4. The maximum Gasteiger partial charge on any atom is 0.315 e. The molecule has 0 saturated heterocycles. The van der Waals surface area contributed by atoms with Crippen LogP contribution in [0.25, 0.3) is 9.81 Å². The first-order chi connectivity index (χ1) is 30.8. The van der Waals surface area contributed by atoms with E-state index in [1.54, 1.807) is 11.6 Å². The van der Waals surface area contributed by atoms with Crippen LogP contribution in [0.1, 0.15) is 44.5 Å². The van der Waals surface area contributed by atoms with Gasteiger partial charge in [0.15, 0.2) is 0 Å². The Bertz CT molecular complexity index is 2600. The number of hydrogen-bond acceptors (Lipinski definition) is 8. The number of methoxy groups -OCH3 is 2. The van der Waals surface area contributed by atoms with E-state index in [1.165, 1.54) is 37.7 Å². The molecule has 0 bridgehead atoms. The van der Waals surface area contributed by atoms with Gasteiger partial charge in [0.25, 0.3) is 0 Å². The Morgan fingerprint density at radius 3 is 1.06 bits per heavy atom. The second-order valence-electron chi connectivity index (χ2n) is 14.6.